The van der Waals surface area contributed by atoms with Gasteiger partial charge in [0.2, 0.25) is 0 Å². The molecule has 21 heavy (non-hydrogen) atoms. The molecule has 0 saturated carbocycles. The van der Waals surface area contributed by atoms with Gasteiger partial charge in [-0.25, -0.2) is 0 Å². The Morgan fingerprint density at radius 3 is 2.29 bits per heavy atom. The van der Waals surface area contributed by atoms with Crippen molar-refractivity contribution < 1.29 is 9.31 Å². The van der Waals surface area contributed by atoms with Crippen molar-refractivity contribution in [3.8, 4) is 0 Å². The Kier molecular flexibility index (Phi) is 4.75. The SMILES string of the molecule is CCCCC1=C(B2OC(C)(C)C(C)(C)O2)C(C)C(C)=CC1. The van der Waals surface area contributed by atoms with Gasteiger partial charge in [0.15, 0.2) is 0 Å². The van der Waals surface area contributed by atoms with Crippen molar-refractivity contribution in [1.82, 2.24) is 0 Å². The van der Waals surface area contributed by atoms with E-state index in [0.717, 1.165) is 6.42 Å². The van der Waals surface area contributed by atoms with Gasteiger partial charge in [-0.05, 0) is 65.3 Å². The van der Waals surface area contributed by atoms with E-state index in [1.807, 2.05) is 0 Å². The first-order chi connectivity index (χ1) is 9.69. The van der Waals surface area contributed by atoms with Crippen molar-refractivity contribution in [3.05, 3.63) is 22.7 Å². The fraction of sp³-hybridized carbons (Fsp3) is 0.778. The lowest BCUT2D eigenvalue weighted by Gasteiger charge is -2.32. The molecule has 1 atom stereocenters. The molecule has 0 aromatic rings. The quantitative estimate of drug-likeness (QED) is 0.530. The average Bonchev–Trinajstić information content (AvgIpc) is 2.59. The molecule has 0 spiro atoms. The van der Waals surface area contributed by atoms with E-state index >= 15 is 0 Å². The van der Waals surface area contributed by atoms with Crippen LogP contribution in [-0.4, -0.2) is 18.3 Å². The van der Waals surface area contributed by atoms with Crippen LogP contribution in [0.4, 0.5) is 0 Å². The highest BCUT2D eigenvalue weighted by molar-refractivity contribution is 6.55. The number of hydrogen-bond donors (Lipinski definition) is 0. The molecule has 0 bridgehead atoms. The molecule has 0 aromatic heterocycles. The van der Waals surface area contributed by atoms with Crippen LogP contribution in [0.2, 0.25) is 0 Å². The Labute approximate surface area is 131 Å². The summed E-state index contributed by atoms with van der Waals surface area (Å²) in [6, 6.07) is 0. The predicted molar refractivity (Wildman–Crippen MR) is 90.2 cm³/mol. The van der Waals surface area contributed by atoms with Gasteiger partial charge in [0.1, 0.15) is 0 Å². The maximum absolute atomic E-state index is 6.33. The van der Waals surface area contributed by atoms with Crippen molar-refractivity contribution in [3.63, 3.8) is 0 Å². The van der Waals surface area contributed by atoms with Crippen molar-refractivity contribution in [1.29, 1.82) is 0 Å². The summed E-state index contributed by atoms with van der Waals surface area (Å²) < 4.78 is 12.7. The maximum atomic E-state index is 6.33. The Morgan fingerprint density at radius 2 is 1.76 bits per heavy atom. The minimum atomic E-state index is -0.255. The van der Waals surface area contributed by atoms with Gasteiger partial charge in [0.25, 0.3) is 0 Å². The molecule has 1 aliphatic heterocycles. The molecule has 2 aliphatic rings. The van der Waals surface area contributed by atoms with Crippen LogP contribution in [-0.2, 0) is 9.31 Å². The highest BCUT2D eigenvalue weighted by Crippen LogP contribution is 2.43. The number of allylic oxidation sites excluding steroid dienone is 4. The molecule has 0 N–H and O–H groups in total. The summed E-state index contributed by atoms with van der Waals surface area (Å²) in [6.07, 6.45) is 7.10. The van der Waals surface area contributed by atoms with Gasteiger partial charge in [0.05, 0.1) is 11.2 Å². The molecule has 2 nitrogen and oxygen atoms in total. The van der Waals surface area contributed by atoms with E-state index in [1.54, 1.807) is 0 Å². The summed E-state index contributed by atoms with van der Waals surface area (Å²) in [5.74, 6) is 0.431. The topological polar surface area (TPSA) is 18.5 Å². The lowest BCUT2D eigenvalue weighted by atomic mass is 9.64. The molecule has 2 rings (SSSR count). The zero-order chi connectivity index (χ0) is 15.8. The minimum Gasteiger partial charge on any atom is -0.400 e. The lowest BCUT2D eigenvalue weighted by Crippen LogP contribution is -2.41. The fourth-order valence-corrected chi connectivity index (χ4v) is 3.11. The van der Waals surface area contributed by atoms with Crippen LogP contribution in [0.1, 0.15) is 74.1 Å². The highest BCUT2D eigenvalue weighted by Gasteiger charge is 2.53. The number of unbranched alkanes of at least 4 members (excludes halogenated alkanes) is 1. The second kappa shape index (κ2) is 5.93. The lowest BCUT2D eigenvalue weighted by molar-refractivity contribution is 0.00578. The largest absolute Gasteiger partial charge is 0.491 e. The summed E-state index contributed by atoms with van der Waals surface area (Å²) in [4.78, 5) is 0. The maximum Gasteiger partial charge on any atom is 0.491 e. The third-order valence-corrected chi connectivity index (χ3v) is 5.57. The van der Waals surface area contributed by atoms with Crippen molar-refractivity contribution in [2.24, 2.45) is 5.92 Å². The van der Waals surface area contributed by atoms with Gasteiger partial charge in [-0.1, -0.05) is 37.5 Å². The van der Waals surface area contributed by atoms with Crippen LogP contribution < -0.4 is 0 Å². The van der Waals surface area contributed by atoms with Crippen molar-refractivity contribution >= 4 is 7.12 Å². The summed E-state index contributed by atoms with van der Waals surface area (Å²) >= 11 is 0. The molecular weight excluding hydrogens is 259 g/mol. The van der Waals surface area contributed by atoms with E-state index < -0.39 is 0 Å². The zero-order valence-corrected chi connectivity index (χ0v) is 14.9. The van der Waals surface area contributed by atoms with E-state index in [-0.39, 0.29) is 18.3 Å². The van der Waals surface area contributed by atoms with Crippen LogP contribution in [0.5, 0.6) is 0 Å². The van der Waals surface area contributed by atoms with Gasteiger partial charge in [-0.2, -0.15) is 0 Å². The van der Waals surface area contributed by atoms with Crippen LogP contribution in [0.25, 0.3) is 0 Å². The van der Waals surface area contributed by atoms with Crippen LogP contribution in [0, 0.1) is 5.92 Å². The molecule has 3 heteroatoms. The first kappa shape index (κ1) is 16.8. The molecule has 0 aromatic carbocycles. The first-order valence-electron chi connectivity index (χ1n) is 8.43. The smallest absolute Gasteiger partial charge is 0.400 e. The second-order valence-corrected chi connectivity index (χ2v) is 7.62. The van der Waals surface area contributed by atoms with E-state index in [0.29, 0.717) is 5.92 Å². The Hall–Kier alpha value is -0.535. The standard InChI is InChI=1S/C18H31BO2/c1-8-9-10-15-12-11-13(2)14(3)16(15)19-20-17(4,5)18(6,7)21-19/h11,14H,8-10,12H2,1-7H3. The molecular formula is C18H31BO2. The Morgan fingerprint density at radius 1 is 1.19 bits per heavy atom. The Bertz CT molecular complexity index is 444. The highest BCUT2D eigenvalue weighted by atomic mass is 16.7. The van der Waals surface area contributed by atoms with Gasteiger partial charge in [0, 0.05) is 0 Å². The average molecular weight is 290 g/mol. The third-order valence-electron chi connectivity index (χ3n) is 5.57. The summed E-state index contributed by atoms with van der Waals surface area (Å²) in [6.45, 7) is 15.3. The number of rotatable bonds is 4. The molecule has 0 radical (unpaired) electrons. The minimum absolute atomic E-state index is 0.180. The summed E-state index contributed by atoms with van der Waals surface area (Å²) in [5, 5.41) is 0. The normalized spacial score (nSPS) is 28.0. The van der Waals surface area contributed by atoms with E-state index in [4.69, 9.17) is 9.31 Å². The van der Waals surface area contributed by atoms with E-state index in [9.17, 15) is 0 Å². The molecule has 0 amide bonds. The third kappa shape index (κ3) is 3.14. The van der Waals surface area contributed by atoms with Crippen molar-refractivity contribution in [2.45, 2.75) is 85.4 Å². The monoisotopic (exact) mass is 290 g/mol. The first-order valence-corrected chi connectivity index (χ1v) is 8.43. The van der Waals surface area contributed by atoms with Crippen LogP contribution >= 0.6 is 0 Å². The molecule has 1 heterocycles. The van der Waals surface area contributed by atoms with Gasteiger partial charge >= 0.3 is 7.12 Å². The van der Waals surface area contributed by atoms with Gasteiger partial charge in [-0.3, -0.25) is 0 Å². The molecule has 1 unspecified atom stereocenters. The molecule has 1 aliphatic carbocycles. The second-order valence-electron chi connectivity index (χ2n) is 7.62. The van der Waals surface area contributed by atoms with Crippen LogP contribution in [0.15, 0.2) is 22.7 Å². The predicted octanol–water partition coefficient (Wildman–Crippen LogP) is 5.09. The van der Waals surface area contributed by atoms with Crippen molar-refractivity contribution in [2.75, 3.05) is 0 Å². The van der Waals surface area contributed by atoms with Crippen LogP contribution in [0.3, 0.4) is 0 Å². The molecule has 118 valence electrons. The Balaban J connectivity index is 2.31. The molecule has 1 fully saturated rings. The van der Waals surface area contributed by atoms with E-state index in [2.05, 4.69) is 54.5 Å². The number of hydrogen-bond acceptors (Lipinski definition) is 2. The fourth-order valence-electron chi connectivity index (χ4n) is 3.11. The van der Waals surface area contributed by atoms with E-state index in [1.165, 1.54) is 35.9 Å². The van der Waals surface area contributed by atoms with Gasteiger partial charge < -0.3 is 9.31 Å². The van der Waals surface area contributed by atoms with Gasteiger partial charge in [-0.15, -0.1) is 0 Å². The summed E-state index contributed by atoms with van der Waals surface area (Å²) in [5.41, 5.74) is 3.86. The zero-order valence-electron chi connectivity index (χ0n) is 14.9. The summed E-state index contributed by atoms with van der Waals surface area (Å²) in [7, 11) is -0.180. The molecule has 1 saturated heterocycles.